The van der Waals surface area contributed by atoms with Gasteiger partial charge in [-0.05, 0) is 13.3 Å². The number of amides is 3. The Hall–Kier alpha value is -1.59. The lowest BCUT2D eigenvalue weighted by molar-refractivity contribution is -0.146. The number of nitrogens with zero attached hydrogens (tertiary/aromatic N) is 1. The van der Waals surface area contributed by atoms with Crippen LogP contribution in [0.1, 0.15) is 20.3 Å². The first-order chi connectivity index (χ1) is 7.47. The van der Waals surface area contributed by atoms with Crippen LogP contribution in [0.5, 0.6) is 0 Å². The van der Waals surface area contributed by atoms with Crippen molar-refractivity contribution in [2.75, 3.05) is 13.6 Å². The van der Waals surface area contributed by atoms with Crippen LogP contribution in [0.2, 0.25) is 0 Å². The lowest BCUT2D eigenvalue weighted by atomic mass is 10.0. The zero-order chi connectivity index (χ0) is 12.3. The van der Waals surface area contributed by atoms with Crippen molar-refractivity contribution in [1.82, 2.24) is 15.5 Å². The van der Waals surface area contributed by atoms with E-state index in [9.17, 15) is 14.4 Å². The number of rotatable bonds is 3. The normalized spacial score (nSPS) is 20.7. The van der Waals surface area contributed by atoms with E-state index in [2.05, 4.69) is 10.6 Å². The second kappa shape index (κ2) is 4.96. The first-order valence-corrected chi connectivity index (χ1v) is 5.26. The van der Waals surface area contributed by atoms with E-state index in [4.69, 9.17) is 0 Å². The average molecular weight is 227 g/mol. The van der Waals surface area contributed by atoms with Crippen LogP contribution >= 0.6 is 0 Å². The number of hydrogen-bond donors (Lipinski definition) is 2. The predicted octanol–water partition coefficient (Wildman–Crippen LogP) is -1.14. The Bertz CT molecular complexity index is 316. The molecule has 1 rings (SSSR count). The van der Waals surface area contributed by atoms with Gasteiger partial charge in [-0.3, -0.25) is 14.4 Å². The second-order valence-corrected chi connectivity index (χ2v) is 3.86. The number of carbonyl (C=O) groups is 3. The number of nitrogens with one attached hydrogen (secondary N) is 2. The smallest absolute Gasteiger partial charge is 0.243 e. The van der Waals surface area contributed by atoms with E-state index in [1.54, 1.807) is 6.92 Å². The molecule has 0 radical (unpaired) electrons. The highest BCUT2D eigenvalue weighted by Gasteiger charge is 2.36. The summed E-state index contributed by atoms with van der Waals surface area (Å²) >= 11 is 0. The van der Waals surface area contributed by atoms with Crippen LogP contribution in [0.25, 0.3) is 0 Å². The molecule has 16 heavy (non-hydrogen) atoms. The highest BCUT2D eigenvalue weighted by Crippen LogP contribution is 2.17. The molecule has 1 aliphatic heterocycles. The first-order valence-electron chi connectivity index (χ1n) is 5.26. The largest absolute Gasteiger partial charge is 0.357 e. The molecule has 2 N–H and O–H groups in total. The van der Waals surface area contributed by atoms with E-state index < -0.39 is 12.1 Å². The zero-order valence-electron chi connectivity index (χ0n) is 9.74. The maximum atomic E-state index is 11.7. The van der Waals surface area contributed by atoms with Gasteiger partial charge in [0.05, 0.1) is 0 Å². The van der Waals surface area contributed by atoms with Crippen molar-refractivity contribution in [3.63, 3.8) is 0 Å². The van der Waals surface area contributed by atoms with Crippen molar-refractivity contribution in [1.29, 1.82) is 0 Å². The van der Waals surface area contributed by atoms with Crippen LogP contribution in [-0.4, -0.2) is 48.3 Å². The van der Waals surface area contributed by atoms with Crippen LogP contribution in [-0.2, 0) is 14.4 Å². The summed E-state index contributed by atoms with van der Waals surface area (Å²) in [4.78, 5) is 35.4. The van der Waals surface area contributed by atoms with E-state index in [1.165, 1.54) is 18.9 Å². The third-order valence-corrected chi connectivity index (χ3v) is 2.73. The van der Waals surface area contributed by atoms with Gasteiger partial charge in [0.1, 0.15) is 12.1 Å². The van der Waals surface area contributed by atoms with Crippen molar-refractivity contribution in [2.24, 2.45) is 0 Å². The number of carbonyl (C=O) groups excluding carboxylic acids is 3. The lowest BCUT2D eigenvalue weighted by Crippen LogP contribution is -2.59. The molecule has 0 aliphatic carbocycles. The fourth-order valence-electron chi connectivity index (χ4n) is 1.63. The average Bonchev–Trinajstić information content (AvgIpc) is 2.13. The van der Waals surface area contributed by atoms with E-state index >= 15 is 0 Å². The Morgan fingerprint density at radius 2 is 2.00 bits per heavy atom. The van der Waals surface area contributed by atoms with Gasteiger partial charge in [-0.2, -0.15) is 0 Å². The van der Waals surface area contributed by atoms with Gasteiger partial charge < -0.3 is 15.5 Å². The number of likely N-dealkylation sites (N-methyl/N-ethyl adjacent to an activating group) is 1. The van der Waals surface area contributed by atoms with Crippen LogP contribution in [0.3, 0.4) is 0 Å². The highest BCUT2D eigenvalue weighted by atomic mass is 16.2. The van der Waals surface area contributed by atoms with Gasteiger partial charge in [-0.1, -0.05) is 0 Å². The Kier molecular flexibility index (Phi) is 3.87. The molecule has 0 aromatic carbocycles. The molecule has 3 amide bonds. The van der Waals surface area contributed by atoms with Crippen molar-refractivity contribution in [3.05, 3.63) is 0 Å². The third-order valence-electron chi connectivity index (χ3n) is 2.73. The van der Waals surface area contributed by atoms with E-state index in [-0.39, 0.29) is 17.7 Å². The molecule has 1 fully saturated rings. The summed E-state index contributed by atoms with van der Waals surface area (Å²) in [5.74, 6) is -0.626. The summed E-state index contributed by atoms with van der Waals surface area (Å²) in [6, 6.07) is -0.989. The summed E-state index contributed by atoms with van der Waals surface area (Å²) in [5.41, 5.74) is 0. The van der Waals surface area contributed by atoms with Crippen LogP contribution in [0, 0.1) is 0 Å². The fraction of sp³-hybridized carbons (Fsp3) is 0.700. The predicted molar refractivity (Wildman–Crippen MR) is 57.5 cm³/mol. The molecule has 90 valence electrons. The Morgan fingerprint density at radius 3 is 2.38 bits per heavy atom. The molecule has 0 spiro atoms. The van der Waals surface area contributed by atoms with Gasteiger partial charge in [0, 0.05) is 20.5 Å². The molecule has 1 saturated heterocycles. The quantitative estimate of drug-likeness (QED) is 0.639. The van der Waals surface area contributed by atoms with Gasteiger partial charge in [-0.15, -0.1) is 0 Å². The van der Waals surface area contributed by atoms with Crippen LogP contribution in [0.4, 0.5) is 0 Å². The van der Waals surface area contributed by atoms with Crippen molar-refractivity contribution < 1.29 is 14.4 Å². The van der Waals surface area contributed by atoms with E-state index in [0.717, 1.165) is 0 Å². The van der Waals surface area contributed by atoms with Gasteiger partial charge in [0.15, 0.2) is 0 Å². The molecule has 1 heterocycles. The first kappa shape index (κ1) is 12.5. The zero-order valence-corrected chi connectivity index (χ0v) is 9.74. The fourth-order valence-corrected chi connectivity index (χ4v) is 1.63. The molecular formula is C10H17N3O3. The molecule has 0 aromatic rings. The summed E-state index contributed by atoms with van der Waals surface area (Å²) in [7, 11) is 1.51. The van der Waals surface area contributed by atoms with Crippen LogP contribution in [0.15, 0.2) is 0 Å². The van der Waals surface area contributed by atoms with E-state index in [0.29, 0.717) is 13.0 Å². The molecule has 1 aliphatic rings. The monoisotopic (exact) mass is 227 g/mol. The summed E-state index contributed by atoms with van der Waals surface area (Å²) in [6.07, 6.45) is 0.659. The second-order valence-electron chi connectivity index (χ2n) is 3.86. The van der Waals surface area contributed by atoms with Crippen LogP contribution < -0.4 is 10.6 Å². The summed E-state index contributed by atoms with van der Waals surface area (Å²) in [5, 5.41) is 5.02. The molecule has 6 nitrogen and oxygen atoms in total. The molecule has 2 atom stereocenters. The Morgan fingerprint density at radius 1 is 1.38 bits per heavy atom. The molecule has 0 unspecified atom stereocenters. The lowest BCUT2D eigenvalue weighted by Gasteiger charge is -2.39. The maximum absolute atomic E-state index is 11.7. The van der Waals surface area contributed by atoms with Crippen molar-refractivity contribution >= 4 is 17.7 Å². The molecule has 0 aromatic heterocycles. The van der Waals surface area contributed by atoms with Gasteiger partial charge >= 0.3 is 0 Å². The van der Waals surface area contributed by atoms with Gasteiger partial charge in [0.2, 0.25) is 17.7 Å². The molecule has 0 bridgehead atoms. The molecule has 0 saturated carbocycles. The van der Waals surface area contributed by atoms with Gasteiger partial charge in [-0.25, -0.2) is 0 Å². The summed E-state index contributed by atoms with van der Waals surface area (Å²) < 4.78 is 0. The number of hydrogen-bond acceptors (Lipinski definition) is 3. The van der Waals surface area contributed by atoms with Crippen molar-refractivity contribution in [3.8, 4) is 0 Å². The molecule has 6 heteroatoms. The topological polar surface area (TPSA) is 78.5 Å². The maximum Gasteiger partial charge on any atom is 0.243 e. The Balaban J connectivity index is 2.47. The van der Waals surface area contributed by atoms with E-state index in [1.807, 2.05) is 0 Å². The van der Waals surface area contributed by atoms with Gasteiger partial charge in [0.25, 0.3) is 0 Å². The standard InChI is InChI=1S/C10H17N3O3/c1-6(9(15)11-3)12-10(16)8-4-5-13(8)7(2)14/h6,8H,4-5H2,1-3H3,(H,11,15)(H,12,16)/t6-,8-/m0/s1. The minimum atomic E-state index is -0.577. The minimum Gasteiger partial charge on any atom is -0.357 e. The third kappa shape index (κ3) is 2.50. The van der Waals surface area contributed by atoms with Crippen molar-refractivity contribution in [2.45, 2.75) is 32.4 Å². The SMILES string of the molecule is CNC(=O)[C@H](C)NC(=O)[C@@H]1CCN1C(C)=O. The number of likely N-dealkylation sites (tertiary alicyclic amines) is 1. The summed E-state index contributed by atoms with van der Waals surface area (Å²) in [6.45, 7) is 3.65. The minimum absolute atomic E-state index is 0.112. The molecular weight excluding hydrogens is 210 g/mol. The Labute approximate surface area is 94.4 Å². The highest BCUT2D eigenvalue weighted by molar-refractivity contribution is 5.92.